The molecule has 5 aliphatic carbocycles. The summed E-state index contributed by atoms with van der Waals surface area (Å²) in [5, 5.41) is 23.0. The fourth-order valence-corrected chi connectivity index (χ4v) is 13.7. The molecule has 9 nitrogen and oxygen atoms in total. The van der Waals surface area contributed by atoms with Crippen LogP contribution in [0.3, 0.4) is 0 Å². The molecular formula is C45H65NO8. The number of fused-ring (bicyclic) bond motifs is 7. The van der Waals surface area contributed by atoms with Gasteiger partial charge >= 0.3 is 17.9 Å². The molecule has 0 unspecified atom stereocenters. The van der Waals surface area contributed by atoms with E-state index >= 15 is 0 Å². The fourth-order valence-electron chi connectivity index (χ4n) is 13.7. The molecule has 0 bridgehead atoms. The summed E-state index contributed by atoms with van der Waals surface area (Å²) in [5.74, 6) is -0.627. The molecule has 5 fully saturated rings. The molecule has 0 heterocycles. The number of nitrogens with one attached hydrogen (secondary N) is 1. The highest BCUT2D eigenvalue weighted by Crippen LogP contribution is 2.77. The Bertz CT molecular complexity index is 1680. The smallest absolute Gasteiger partial charge is 0.330 e. The Kier molecular flexibility index (Phi) is 10.2. The summed E-state index contributed by atoms with van der Waals surface area (Å²) in [5.41, 5.74) is -0.412. The van der Waals surface area contributed by atoms with Crippen molar-refractivity contribution in [1.29, 1.82) is 0 Å². The molecule has 0 aromatic heterocycles. The minimum atomic E-state index is -1.18. The topological polar surface area (TPSA) is 139 Å². The van der Waals surface area contributed by atoms with E-state index in [0.717, 1.165) is 69.8 Å². The lowest BCUT2D eigenvalue weighted by molar-refractivity contribution is -0.249. The van der Waals surface area contributed by atoms with E-state index < -0.39 is 34.8 Å². The molecule has 11 atom stereocenters. The van der Waals surface area contributed by atoms with Crippen LogP contribution in [0.4, 0.5) is 0 Å². The van der Waals surface area contributed by atoms with Gasteiger partial charge in [-0.05, 0) is 149 Å². The summed E-state index contributed by atoms with van der Waals surface area (Å²) >= 11 is 0. The van der Waals surface area contributed by atoms with Gasteiger partial charge in [0.2, 0.25) is 5.91 Å². The highest BCUT2D eigenvalue weighted by molar-refractivity contribution is 5.89. The molecule has 1 aromatic carbocycles. The number of carboxylic acid groups (broad SMARTS) is 2. The van der Waals surface area contributed by atoms with Gasteiger partial charge < -0.3 is 25.0 Å². The summed E-state index contributed by atoms with van der Waals surface area (Å²) < 4.78 is 11.4. The standard InChI is InChI=1S/C45H65NO8/c1-26(2)29-17-22-45(38(50)46-36(37(48)49)27-11-13-28(53-10)14-12-27)24-23-43(8)30(35(29)45)15-16-32-42(7)20-19-33(54-34(47)25-40(3,4)39(51)52)41(5,6)31(42)18-21-44(32,43)9/h11-14,29-33,35-36H,1,15-25H2,2-10H3,(H,46,50)(H,48,49)(H,51,52)/t29-,30+,31-,32+,33-,35+,36-,42-,43+,44+,45-/m0/s1. The second-order valence-electron chi connectivity index (χ2n) is 20.1. The summed E-state index contributed by atoms with van der Waals surface area (Å²) in [6.45, 7) is 21.8. The molecule has 298 valence electrons. The van der Waals surface area contributed by atoms with Gasteiger partial charge in [0.25, 0.3) is 0 Å². The van der Waals surface area contributed by atoms with E-state index in [1.807, 2.05) is 0 Å². The van der Waals surface area contributed by atoms with Gasteiger partial charge in [0, 0.05) is 5.41 Å². The van der Waals surface area contributed by atoms with Crippen molar-refractivity contribution in [3.8, 4) is 5.75 Å². The minimum Gasteiger partial charge on any atom is -0.497 e. The zero-order valence-electron chi connectivity index (χ0n) is 34.2. The van der Waals surface area contributed by atoms with Crippen molar-refractivity contribution < 1.29 is 38.9 Å². The summed E-state index contributed by atoms with van der Waals surface area (Å²) in [6.07, 6.45) is 8.74. The van der Waals surface area contributed by atoms with Crippen molar-refractivity contribution in [2.75, 3.05) is 7.11 Å². The normalized spacial score (nSPS) is 38.7. The quantitative estimate of drug-likeness (QED) is 0.159. The predicted octanol–water partition coefficient (Wildman–Crippen LogP) is 9.01. The number of carboxylic acids is 2. The SMILES string of the molecule is C=C(C)[C@@H]1CC[C@]2(C(=O)N[C@H](C(=O)O)c3ccc(OC)cc3)CC[C@]3(C)[C@H](CC[C@@H]4[C@@]5(C)CC[C@H](OC(=O)CC(C)(C)C(=O)O)C(C)(C)[C@@H]5CC[C@]43C)[C@@H]12. The van der Waals surface area contributed by atoms with Crippen LogP contribution in [0.1, 0.15) is 138 Å². The first kappa shape index (κ1) is 40.3. The van der Waals surface area contributed by atoms with E-state index in [1.54, 1.807) is 45.2 Å². The molecule has 0 saturated heterocycles. The van der Waals surface area contributed by atoms with Crippen LogP contribution < -0.4 is 10.1 Å². The second kappa shape index (κ2) is 13.7. The molecule has 5 aliphatic rings. The number of ether oxygens (including phenoxy) is 2. The molecule has 9 heteroatoms. The molecule has 0 spiro atoms. The molecule has 1 amide bonds. The van der Waals surface area contributed by atoms with Crippen molar-refractivity contribution in [1.82, 2.24) is 5.32 Å². The number of allylic oxidation sites excluding steroid dienone is 1. The minimum absolute atomic E-state index is 0.0194. The lowest BCUT2D eigenvalue weighted by atomic mass is 9.32. The fraction of sp³-hybridized carbons (Fsp3) is 0.733. The molecule has 5 saturated carbocycles. The third kappa shape index (κ3) is 6.09. The van der Waals surface area contributed by atoms with Gasteiger partial charge in [-0.1, -0.05) is 58.9 Å². The van der Waals surface area contributed by atoms with E-state index in [1.165, 1.54) is 0 Å². The summed E-state index contributed by atoms with van der Waals surface area (Å²) in [4.78, 5) is 52.3. The van der Waals surface area contributed by atoms with Gasteiger partial charge in [0.1, 0.15) is 11.9 Å². The maximum absolute atomic E-state index is 14.8. The first-order chi connectivity index (χ1) is 25.1. The van der Waals surface area contributed by atoms with Gasteiger partial charge in [0.15, 0.2) is 6.04 Å². The first-order valence-corrected chi connectivity index (χ1v) is 20.3. The Labute approximate surface area is 322 Å². The zero-order valence-corrected chi connectivity index (χ0v) is 34.2. The number of benzene rings is 1. The van der Waals surface area contributed by atoms with Gasteiger partial charge in [-0.15, -0.1) is 0 Å². The third-order valence-electron chi connectivity index (χ3n) is 16.9. The van der Waals surface area contributed by atoms with E-state index in [4.69, 9.17) is 9.47 Å². The van der Waals surface area contributed by atoms with Crippen LogP contribution in [0.25, 0.3) is 0 Å². The van der Waals surface area contributed by atoms with Gasteiger partial charge in [-0.3, -0.25) is 14.4 Å². The Balaban J connectivity index is 1.27. The lowest BCUT2D eigenvalue weighted by Crippen LogP contribution is -2.67. The number of esters is 1. The predicted molar refractivity (Wildman–Crippen MR) is 206 cm³/mol. The van der Waals surface area contributed by atoms with Crippen molar-refractivity contribution in [2.45, 2.75) is 138 Å². The molecule has 6 rings (SSSR count). The molecule has 3 N–H and O–H groups in total. The maximum Gasteiger partial charge on any atom is 0.330 e. The number of hydrogen-bond acceptors (Lipinski definition) is 6. The van der Waals surface area contributed by atoms with Gasteiger partial charge in [0.05, 0.1) is 24.4 Å². The summed E-state index contributed by atoms with van der Waals surface area (Å²) in [7, 11) is 1.57. The van der Waals surface area contributed by atoms with Crippen molar-refractivity contribution in [2.24, 2.45) is 62.1 Å². The summed E-state index contributed by atoms with van der Waals surface area (Å²) in [6, 6.07) is 5.74. The van der Waals surface area contributed by atoms with Crippen molar-refractivity contribution in [3.63, 3.8) is 0 Å². The highest BCUT2D eigenvalue weighted by atomic mass is 16.5. The Morgan fingerprint density at radius 2 is 1.54 bits per heavy atom. The number of hydrogen-bond donors (Lipinski definition) is 3. The van der Waals surface area contributed by atoms with Gasteiger partial charge in [-0.25, -0.2) is 4.79 Å². The van der Waals surface area contributed by atoms with Crippen LogP contribution in [-0.4, -0.2) is 47.2 Å². The Morgan fingerprint density at radius 3 is 2.13 bits per heavy atom. The van der Waals surface area contributed by atoms with Gasteiger partial charge in [-0.2, -0.15) is 0 Å². The number of rotatable bonds is 10. The molecular weight excluding hydrogens is 682 g/mol. The average Bonchev–Trinajstić information content (AvgIpc) is 3.50. The molecule has 1 aromatic rings. The van der Waals surface area contributed by atoms with Crippen molar-refractivity contribution >= 4 is 23.8 Å². The van der Waals surface area contributed by atoms with E-state index in [0.29, 0.717) is 29.1 Å². The third-order valence-corrected chi connectivity index (χ3v) is 16.9. The van der Waals surface area contributed by atoms with Crippen LogP contribution >= 0.6 is 0 Å². The van der Waals surface area contributed by atoms with Crippen LogP contribution in [0, 0.1) is 62.1 Å². The highest BCUT2D eigenvalue weighted by Gasteiger charge is 2.72. The first-order valence-electron chi connectivity index (χ1n) is 20.3. The van der Waals surface area contributed by atoms with Crippen LogP contribution in [-0.2, 0) is 23.9 Å². The monoisotopic (exact) mass is 747 g/mol. The number of carbonyl (C=O) groups is 4. The number of methoxy groups -OCH3 is 1. The zero-order chi connectivity index (χ0) is 39.8. The molecule has 54 heavy (non-hydrogen) atoms. The molecule has 0 aliphatic heterocycles. The van der Waals surface area contributed by atoms with E-state index in [-0.39, 0.29) is 51.9 Å². The van der Waals surface area contributed by atoms with E-state index in [2.05, 4.69) is 53.4 Å². The molecule has 0 radical (unpaired) electrons. The lowest BCUT2D eigenvalue weighted by Gasteiger charge is -2.72. The maximum atomic E-state index is 14.8. The number of aliphatic carboxylic acids is 2. The van der Waals surface area contributed by atoms with Crippen LogP contribution in [0.5, 0.6) is 5.75 Å². The Morgan fingerprint density at radius 1 is 0.870 bits per heavy atom. The van der Waals surface area contributed by atoms with Crippen LogP contribution in [0.2, 0.25) is 0 Å². The largest absolute Gasteiger partial charge is 0.497 e. The average molecular weight is 748 g/mol. The van der Waals surface area contributed by atoms with Crippen molar-refractivity contribution in [3.05, 3.63) is 42.0 Å². The second-order valence-corrected chi connectivity index (χ2v) is 20.1. The van der Waals surface area contributed by atoms with E-state index in [9.17, 15) is 29.4 Å². The Hall–Kier alpha value is -3.36. The number of amides is 1. The van der Waals surface area contributed by atoms with Crippen LogP contribution in [0.15, 0.2) is 36.4 Å². The number of carbonyl (C=O) groups excluding carboxylic acids is 2.